The largest absolute Gasteiger partial charge is 0.493 e. The number of cyclic esters (lactones) is 1. The number of rotatable bonds is 5. The SMILES string of the molecule is COc1cc(C=C2N=C(c3cccc(C)c3)OC2=O)ccc1OC(=O)c1ccc(Cl)cc1. The summed E-state index contributed by atoms with van der Waals surface area (Å²) in [6.45, 7) is 1.95. The fourth-order valence-corrected chi connectivity index (χ4v) is 3.20. The number of hydrogen-bond acceptors (Lipinski definition) is 6. The van der Waals surface area contributed by atoms with Crippen LogP contribution in [0.2, 0.25) is 5.02 Å². The van der Waals surface area contributed by atoms with E-state index in [0.717, 1.165) is 11.1 Å². The van der Waals surface area contributed by atoms with Crippen LogP contribution in [0.1, 0.15) is 27.0 Å². The number of methoxy groups -OCH3 is 1. The van der Waals surface area contributed by atoms with Gasteiger partial charge in [-0.2, -0.15) is 0 Å². The molecule has 0 amide bonds. The van der Waals surface area contributed by atoms with E-state index in [2.05, 4.69) is 4.99 Å². The molecule has 6 nitrogen and oxygen atoms in total. The molecule has 1 aliphatic rings. The summed E-state index contributed by atoms with van der Waals surface area (Å²) in [5, 5.41) is 0.523. The van der Waals surface area contributed by atoms with Crippen LogP contribution >= 0.6 is 11.6 Å². The zero-order chi connectivity index (χ0) is 22.7. The van der Waals surface area contributed by atoms with Crippen molar-refractivity contribution < 1.29 is 23.8 Å². The summed E-state index contributed by atoms with van der Waals surface area (Å²) in [4.78, 5) is 29.0. The third kappa shape index (κ3) is 4.71. The molecule has 160 valence electrons. The summed E-state index contributed by atoms with van der Waals surface area (Å²) in [7, 11) is 1.46. The summed E-state index contributed by atoms with van der Waals surface area (Å²) in [5.41, 5.74) is 2.91. The Morgan fingerprint density at radius 3 is 2.53 bits per heavy atom. The quantitative estimate of drug-likeness (QED) is 0.304. The molecule has 0 bridgehead atoms. The Kier molecular flexibility index (Phi) is 6.05. The Hall–Kier alpha value is -3.90. The lowest BCUT2D eigenvalue weighted by atomic mass is 10.1. The number of carbonyl (C=O) groups is 2. The molecule has 0 saturated heterocycles. The van der Waals surface area contributed by atoms with Gasteiger partial charge in [0.05, 0.1) is 12.7 Å². The molecule has 3 aromatic rings. The molecular formula is C25H18ClNO5. The normalized spacial score (nSPS) is 14.2. The second kappa shape index (κ2) is 9.08. The van der Waals surface area contributed by atoms with Crippen LogP contribution in [0, 0.1) is 6.92 Å². The van der Waals surface area contributed by atoms with Gasteiger partial charge < -0.3 is 14.2 Å². The molecule has 0 saturated carbocycles. The predicted octanol–water partition coefficient (Wildman–Crippen LogP) is 5.22. The second-order valence-corrected chi connectivity index (χ2v) is 7.45. The first kappa shape index (κ1) is 21.3. The van der Waals surface area contributed by atoms with Gasteiger partial charge >= 0.3 is 11.9 Å². The maximum Gasteiger partial charge on any atom is 0.363 e. The zero-order valence-electron chi connectivity index (χ0n) is 17.3. The number of esters is 2. The van der Waals surface area contributed by atoms with E-state index in [1.165, 1.54) is 7.11 Å². The van der Waals surface area contributed by atoms with Crippen LogP contribution in [0.4, 0.5) is 0 Å². The van der Waals surface area contributed by atoms with Crippen molar-refractivity contribution >= 4 is 35.5 Å². The third-order valence-electron chi connectivity index (χ3n) is 4.66. The van der Waals surface area contributed by atoms with Crippen molar-refractivity contribution in [2.45, 2.75) is 6.92 Å². The summed E-state index contributed by atoms with van der Waals surface area (Å²) >= 11 is 5.85. The molecule has 7 heteroatoms. The van der Waals surface area contributed by atoms with E-state index in [1.807, 2.05) is 31.2 Å². The smallest absolute Gasteiger partial charge is 0.363 e. The van der Waals surface area contributed by atoms with E-state index in [-0.39, 0.29) is 17.3 Å². The molecule has 32 heavy (non-hydrogen) atoms. The van der Waals surface area contributed by atoms with Crippen molar-refractivity contribution in [3.8, 4) is 11.5 Å². The molecule has 0 unspecified atom stereocenters. The first-order chi connectivity index (χ1) is 15.4. The summed E-state index contributed by atoms with van der Waals surface area (Å²) in [6, 6.07) is 18.8. The van der Waals surface area contributed by atoms with E-state index in [4.69, 9.17) is 25.8 Å². The molecule has 0 atom stereocenters. The van der Waals surface area contributed by atoms with E-state index in [9.17, 15) is 9.59 Å². The molecule has 0 fully saturated rings. The van der Waals surface area contributed by atoms with Crippen molar-refractivity contribution in [1.82, 2.24) is 0 Å². The highest BCUT2D eigenvalue weighted by Gasteiger charge is 2.24. The van der Waals surface area contributed by atoms with Gasteiger partial charge in [0.15, 0.2) is 17.2 Å². The highest BCUT2D eigenvalue weighted by atomic mass is 35.5. The van der Waals surface area contributed by atoms with Crippen LogP contribution in [0.15, 0.2) is 77.4 Å². The third-order valence-corrected chi connectivity index (χ3v) is 4.91. The number of benzene rings is 3. The van der Waals surface area contributed by atoms with Crippen LogP contribution in [-0.4, -0.2) is 24.9 Å². The highest BCUT2D eigenvalue weighted by molar-refractivity contribution is 6.30. The van der Waals surface area contributed by atoms with Gasteiger partial charge in [0.2, 0.25) is 5.90 Å². The summed E-state index contributed by atoms with van der Waals surface area (Å²) in [6.07, 6.45) is 1.58. The molecule has 1 heterocycles. The number of halogens is 1. The van der Waals surface area contributed by atoms with Crippen LogP contribution in [0.3, 0.4) is 0 Å². The van der Waals surface area contributed by atoms with Crippen molar-refractivity contribution in [3.05, 3.63) is 99.7 Å². The minimum Gasteiger partial charge on any atom is -0.493 e. The van der Waals surface area contributed by atoms with Gasteiger partial charge in [-0.15, -0.1) is 0 Å². The average Bonchev–Trinajstić information content (AvgIpc) is 3.15. The van der Waals surface area contributed by atoms with Gasteiger partial charge in [0.25, 0.3) is 0 Å². The van der Waals surface area contributed by atoms with Crippen LogP contribution in [-0.2, 0) is 9.53 Å². The molecule has 1 aliphatic heterocycles. The van der Waals surface area contributed by atoms with Gasteiger partial charge in [-0.3, -0.25) is 0 Å². The van der Waals surface area contributed by atoms with Crippen molar-refractivity contribution in [2.75, 3.05) is 7.11 Å². The Labute approximate surface area is 189 Å². The first-order valence-electron chi connectivity index (χ1n) is 9.68. The lowest BCUT2D eigenvalue weighted by Gasteiger charge is -2.10. The van der Waals surface area contributed by atoms with Gasteiger partial charge in [0, 0.05) is 10.6 Å². The van der Waals surface area contributed by atoms with Gasteiger partial charge in [-0.1, -0.05) is 35.4 Å². The maximum atomic E-state index is 12.4. The Bertz CT molecular complexity index is 1260. The topological polar surface area (TPSA) is 74.2 Å². The molecule has 4 rings (SSSR count). The maximum absolute atomic E-state index is 12.4. The number of aryl methyl sites for hydroxylation is 1. The molecule has 0 spiro atoms. The number of nitrogens with zero attached hydrogens (tertiary/aromatic N) is 1. The lowest BCUT2D eigenvalue weighted by Crippen LogP contribution is -2.09. The summed E-state index contributed by atoms with van der Waals surface area (Å²) < 4.78 is 16.1. The average molecular weight is 448 g/mol. The fraction of sp³-hybridized carbons (Fsp3) is 0.0800. The highest BCUT2D eigenvalue weighted by Crippen LogP contribution is 2.30. The number of ether oxygens (including phenoxy) is 3. The van der Waals surface area contributed by atoms with Crippen molar-refractivity contribution in [1.29, 1.82) is 0 Å². The molecule has 0 aliphatic carbocycles. The zero-order valence-corrected chi connectivity index (χ0v) is 18.1. The standard InChI is InChI=1S/C25H18ClNO5/c1-15-4-3-5-18(12-15)23-27-20(25(29)32-23)13-16-6-11-21(22(14-16)30-2)31-24(28)17-7-9-19(26)10-8-17/h3-14H,1-2H3. The van der Waals surface area contributed by atoms with Gasteiger partial charge in [-0.25, -0.2) is 14.6 Å². The Balaban J connectivity index is 1.57. The monoisotopic (exact) mass is 447 g/mol. The number of hydrogen-bond donors (Lipinski definition) is 0. The lowest BCUT2D eigenvalue weighted by molar-refractivity contribution is -0.129. The Morgan fingerprint density at radius 2 is 1.81 bits per heavy atom. The molecule has 3 aromatic carbocycles. The minimum absolute atomic E-state index is 0.162. The van der Waals surface area contributed by atoms with E-state index in [0.29, 0.717) is 21.9 Å². The molecule has 0 aromatic heterocycles. The number of carbonyl (C=O) groups excluding carboxylic acids is 2. The first-order valence-corrected chi connectivity index (χ1v) is 10.1. The van der Waals surface area contributed by atoms with E-state index in [1.54, 1.807) is 48.5 Å². The van der Waals surface area contributed by atoms with Crippen molar-refractivity contribution in [3.63, 3.8) is 0 Å². The minimum atomic E-state index is -0.544. The fourth-order valence-electron chi connectivity index (χ4n) is 3.07. The van der Waals surface area contributed by atoms with E-state index >= 15 is 0 Å². The van der Waals surface area contributed by atoms with Crippen LogP contribution < -0.4 is 9.47 Å². The van der Waals surface area contributed by atoms with Crippen LogP contribution in [0.5, 0.6) is 11.5 Å². The Morgan fingerprint density at radius 1 is 1.03 bits per heavy atom. The van der Waals surface area contributed by atoms with E-state index < -0.39 is 11.9 Å². The molecule has 0 radical (unpaired) electrons. The molecular weight excluding hydrogens is 430 g/mol. The summed E-state index contributed by atoms with van der Waals surface area (Å²) in [5.74, 6) is -0.259. The molecule has 0 N–H and O–H groups in total. The second-order valence-electron chi connectivity index (χ2n) is 7.01. The van der Waals surface area contributed by atoms with Gasteiger partial charge in [0.1, 0.15) is 0 Å². The predicted molar refractivity (Wildman–Crippen MR) is 121 cm³/mol. The van der Waals surface area contributed by atoms with Crippen LogP contribution in [0.25, 0.3) is 6.08 Å². The van der Waals surface area contributed by atoms with Gasteiger partial charge in [-0.05, 0) is 67.1 Å². The number of aliphatic imine (C=N–C) groups is 1. The van der Waals surface area contributed by atoms with Crippen molar-refractivity contribution in [2.24, 2.45) is 4.99 Å².